The highest BCUT2D eigenvalue weighted by Gasteiger charge is 2.35. The van der Waals surface area contributed by atoms with Gasteiger partial charge < -0.3 is 15.7 Å². The van der Waals surface area contributed by atoms with Crippen LogP contribution in [0.25, 0.3) is 0 Å². The molecule has 0 bridgehead atoms. The molecule has 3 N–H and O–H groups in total. The Kier molecular flexibility index (Phi) is 6.56. The Hall–Kier alpha value is -2.37. The van der Waals surface area contributed by atoms with E-state index >= 15 is 0 Å². The first-order valence-electron chi connectivity index (χ1n) is 8.87. The minimum atomic E-state index is -0.915. The highest BCUT2D eigenvalue weighted by Crippen LogP contribution is 2.31. The molecular formula is C19H26N2O4. The van der Waals surface area contributed by atoms with Crippen molar-refractivity contribution in [2.45, 2.75) is 52.0 Å². The summed E-state index contributed by atoms with van der Waals surface area (Å²) in [5.74, 6) is -2.55. The Morgan fingerprint density at radius 2 is 1.88 bits per heavy atom. The lowest BCUT2D eigenvalue weighted by Crippen LogP contribution is -2.36. The first kappa shape index (κ1) is 19.0. The van der Waals surface area contributed by atoms with E-state index in [1.165, 1.54) is 0 Å². The first-order valence-corrected chi connectivity index (χ1v) is 8.87. The van der Waals surface area contributed by atoms with Gasteiger partial charge in [-0.1, -0.05) is 25.8 Å². The van der Waals surface area contributed by atoms with Crippen molar-refractivity contribution in [2.24, 2.45) is 11.8 Å². The molecular weight excluding hydrogens is 320 g/mol. The van der Waals surface area contributed by atoms with Crippen LogP contribution >= 0.6 is 0 Å². The molecule has 0 aliphatic heterocycles. The number of carbonyl (C=O) groups excluding carboxylic acids is 2. The Labute approximate surface area is 148 Å². The van der Waals surface area contributed by atoms with Gasteiger partial charge in [0, 0.05) is 17.3 Å². The molecule has 0 spiro atoms. The zero-order valence-corrected chi connectivity index (χ0v) is 14.7. The van der Waals surface area contributed by atoms with E-state index in [4.69, 9.17) is 0 Å². The lowest BCUT2D eigenvalue weighted by molar-refractivity contribution is -0.147. The van der Waals surface area contributed by atoms with Crippen LogP contribution in [0.2, 0.25) is 0 Å². The van der Waals surface area contributed by atoms with Gasteiger partial charge in [0.1, 0.15) is 0 Å². The molecule has 6 heteroatoms. The molecule has 1 aliphatic carbocycles. The van der Waals surface area contributed by atoms with Gasteiger partial charge in [-0.25, -0.2) is 0 Å². The predicted molar refractivity (Wildman–Crippen MR) is 95.4 cm³/mol. The van der Waals surface area contributed by atoms with E-state index in [1.54, 1.807) is 24.3 Å². The largest absolute Gasteiger partial charge is 0.481 e. The fraction of sp³-hybridized carbons (Fsp3) is 0.526. The zero-order valence-electron chi connectivity index (χ0n) is 14.7. The fourth-order valence-corrected chi connectivity index (χ4v) is 3.12. The van der Waals surface area contributed by atoms with E-state index in [1.807, 2.05) is 13.8 Å². The van der Waals surface area contributed by atoms with Gasteiger partial charge >= 0.3 is 5.97 Å². The normalized spacial score (nSPS) is 21.2. The number of carboxylic acids is 1. The number of carbonyl (C=O) groups is 3. The number of rotatable bonds is 6. The van der Waals surface area contributed by atoms with Crippen LogP contribution in [0.5, 0.6) is 0 Å². The minimum Gasteiger partial charge on any atom is -0.481 e. The van der Waals surface area contributed by atoms with Crippen molar-refractivity contribution in [3.63, 3.8) is 0 Å². The molecule has 0 saturated heterocycles. The molecule has 25 heavy (non-hydrogen) atoms. The molecule has 2 amide bonds. The summed E-state index contributed by atoms with van der Waals surface area (Å²) >= 11 is 0. The molecule has 3 atom stereocenters. The maximum Gasteiger partial charge on any atom is 0.307 e. The van der Waals surface area contributed by atoms with Crippen molar-refractivity contribution >= 4 is 23.5 Å². The first-order chi connectivity index (χ1) is 11.9. The van der Waals surface area contributed by atoms with Crippen molar-refractivity contribution < 1.29 is 19.5 Å². The van der Waals surface area contributed by atoms with E-state index in [0.717, 1.165) is 19.3 Å². The SMILES string of the molecule is CC[C@@H](C)NC(=O)c1cccc(NC(=O)[C@@H]2CCCC[C@@H]2C(=O)O)c1. The Balaban J connectivity index is 2.07. The second kappa shape index (κ2) is 8.65. The van der Waals surface area contributed by atoms with Crippen LogP contribution in [0.3, 0.4) is 0 Å². The van der Waals surface area contributed by atoms with Crippen LogP contribution in [-0.4, -0.2) is 28.9 Å². The van der Waals surface area contributed by atoms with Gasteiger partial charge in [0.05, 0.1) is 11.8 Å². The number of nitrogens with one attached hydrogen (secondary N) is 2. The van der Waals surface area contributed by atoms with Crippen LogP contribution in [0.1, 0.15) is 56.3 Å². The van der Waals surface area contributed by atoms with Gasteiger partial charge in [0.2, 0.25) is 5.91 Å². The topological polar surface area (TPSA) is 95.5 Å². The summed E-state index contributed by atoms with van der Waals surface area (Å²) in [6.45, 7) is 3.92. The lowest BCUT2D eigenvalue weighted by atomic mass is 9.78. The Bertz CT molecular complexity index is 644. The molecule has 1 aromatic carbocycles. The number of aliphatic carboxylic acids is 1. The predicted octanol–water partition coefficient (Wildman–Crippen LogP) is 3.04. The molecule has 0 radical (unpaired) electrons. The maximum atomic E-state index is 12.5. The molecule has 0 unspecified atom stereocenters. The van der Waals surface area contributed by atoms with Crippen LogP contribution in [0, 0.1) is 11.8 Å². The molecule has 1 aromatic rings. The average molecular weight is 346 g/mol. The third-order valence-electron chi connectivity index (χ3n) is 4.80. The Morgan fingerprint density at radius 1 is 1.20 bits per heavy atom. The van der Waals surface area contributed by atoms with Gasteiger partial charge in [-0.05, 0) is 44.4 Å². The third kappa shape index (κ3) is 5.05. The average Bonchev–Trinajstić information content (AvgIpc) is 2.61. The lowest BCUT2D eigenvalue weighted by Gasteiger charge is -2.27. The van der Waals surface area contributed by atoms with E-state index in [9.17, 15) is 19.5 Å². The number of benzene rings is 1. The van der Waals surface area contributed by atoms with Gasteiger partial charge in [-0.2, -0.15) is 0 Å². The number of hydrogen-bond donors (Lipinski definition) is 3. The van der Waals surface area contributed by atoms with Gasteiger partial charge in [-0.3, -0.25) is 14.4 Å². The molecule has 6 nitrogen and oxygen atoms in total. The van der Waals surface area contributed by atoms with E-state index in [-0.39, 0.29) is 17.9 Å². The number of carboxylic acid groups (broad SMARTS) is 1. The summed E-state index contributed by atoms with van der Waals surface area (Å²) in [7, 11) is 0. The van der Waals surface area contributed by atoms with Gasteiger partial charge in [0.15, 0.2) is 0 Å². The number of amides is 2. The second-order valence-electron chi connectivity index (χ2n) is 6.69. The summed E-state index contributed by atoms with van der Waals surface area (Å²) in [5.41, 5.74) is 0.980. The minimum absolute atomic E-state index is 0.0734. The van der Waals surface area contributed by atoms with E-state index < -0.39 is 17.8 Å². The van der Waals surface area contributed by atoms with Gasteiger partial charge in [0.25, 0.3) is 5.91 Å². The molecule has 1 saturated carbocycles. The molecule has 0 heterocycles. The summed E-state index contributed by atoms with van der Waals surface area (Å²) < 4.78 is 0. The standard InChI is InChI=1S/C19H26N2O4/c1-3-12(2)20-17(22)13-7-6-8-14(11-13)21-18(23)15-9-4-5-10-16(15)19(24)25/h6-8,11-12,15-16H,3-5,9-10H2,1-2H3,(H,20,22)(H,21,23)(H,24,25)/t12-,15-,16+/m1/s1. The molecule has 1 aliphatic rings. The second-order valence-corrected chi connectivity index (χ2v) is 6.69. The van der Waals surface area contributed by atoms with Crippen molar-refractivity contribution in [2.75, 3.05) is 5.32 Å². The zero-order chi connectivity index (χ0) is 18.4. The number of anilines is 1. The van der Waals surface area contributed by atoms with E-state index in [0.29, 0.717) is 24.1 Å². The van der Waals surface area contributed by atoms with Crippen LogP contribution < -0.4 is 10.6 Å². The number of hydrogen-bond acceptors (Lipinski definition) is 3. The summed E-state index contributed by atoms with van der Waals surface area (Å²) in [4.78, 5) is 36.1. The van der Waals surface area contributed by atoms with Gasteiger partial charge in [-0.15, -0.1) is 0 Å². The van der Waals surface area contributed by atoms with Crippen molar-refractivity contribution in [3.8, 4) is 0 Å². The van der Waals surface area contributed by atoms with Crippen molar-refractivity contribution in [3.05, 3.63) is 29.8 Å². The highest BCUT2D eigenvalue weighted by molar-refractivity contribution is 5.98. The highest BCUT2D eigenvalue weighted by atomic mass is 16.4. The molecule has 0 aromatic heterocycles. The fourth-order valence-electron chi connectivity index (χ4n) is 3.12. The van der Waals surface area contributed by atoms with Crippen LogP contribution in [0.4, 0.5) is 5.69 Å². The molecule has 1 fully saturated rings. The third-order valence-corrected chi connectivity index (χ3v) is 4.80. The van der Waals surface area contributed by atoms with E-state index in [2.05, 4.69) is 10.6 Å². The summed E-state index contributed by atoms with van der Waals surface area (Å²) in [6, 6.07) is 6.79. The van der Waals surface area contributed by atoms with Crippen molar-refractivity contribution in [1.82, 2.24) is 5.32 Å². The quantitative estimate of drug-likeness (QED) is 0.738. The smallest absolute Gasteiger partial charge is 0.307 e. The monoisotopic (exact) mass is 346 g/mol. The molecule has 2 rings (SSSR count). The maximum absolute atomic E-state index is 12.5. The summed E-state index contributed by atoms with van der Waals surface area (Å²) in [6.07, 6.45) is 3.65. The Morgan fingerprint density at radius 3 is 2.52 bits per heavy atom. The van der Waals surface area contributed by atoms with Crippen molar-refractivity contribution in [1.29, 1.82) is 0 Å². The summed E-state index contributed by atoms with van der Waals surface area (Å²) in [5, 5.41) is 15.0. The van der Waals surface area contributed by atoms with Crippen LogP contribution in [0.15, 0.2) is 24.3 Å². The molecule has 136 valence electrons. The van der Waals surface area contributed by atoms with Crippen LogP contribution in [-0.2, 0) is 9.59 Å².